The fourth-order valence-corrected chi connectivity index (χ4v) is 1.07. The van der Waals surface area contributed by atoms with E-state index in [1.807, 2.05) is 13.0 Å². The van der Waals surface area contributed by atoms with Crippen molar-refractivity contribution in [2.24, 2.45) is 0 Å². The van der Waals surface area contributed by atoms with Gasteiger partial charge in [-0.25, -0.2) is 0 Å². The highest BCUT2D eigenvalue weighted by atomic mass is 19.1. The van der Waals surface area contributed by atoms with Gasteiger partial charge in [0.1, 0.15) is 6.26 Å². The lowest BCUT2D eigenvalue weighted by Crippen LogP contribution is -2.12. The van der Waals surface area contributed by atoms with Crippen molar-refractivity contribution >= 4 is 11.6 Å². The zero-order chi connectivity index (χ0) is 11.3. The molecule has 1 N–H and O–H groups in total. The number of aryl methyl sites for hydroxylation is 1. The first kappa shape index (κ1) is 11.2. The summed E-state index contributed by atoms with van der Waals surface area (Å²) in [5, 5.41) is 2.41. The molecule has 0 bridgehead atoms. The van der Waals surface area contributed by atoms with Crippen LogP contribution in [-0.2, 0) is 9.53 Å². The number of hydrogen-bond donors (Lipinski definition) is 1. The largest absolute Gasteiger partial charge is 0.501 e. The maximum Gasteiger partial charge on any atom is 0.287 e. The molecule has 1 aromatic rings. The van der Waals surface area contributed by atoms with Crippen LogP contribution in [0.3, 0.4) is 0 Å². The second-order valence-electron chi connectivity index (χ2n) is 3.03. The Morgan fingerprint density at radius 3 is 2.87 bits per heavy atom. The Bertz CT molecular complexity index is 388. The summed E-state index contributed by atoms with van der Waals surface area (Å²) in [5.41, 5.74) is 1.54. The van der Waals surface area contributed by atoms with Crippen molar-refractivity contribution in [3.05, 3.63) is 41.9 Å². The van der Waals surface area contributed by atoms with E-state index in [2.05, 4.69) is 10.1 Å². The molecule has 15 heavy (non-hydrogen) atoms. The Morgan fingerprint density at radius 1 is 1.53 bits per heavy atom. The van der Waals surface area contributed by atoms with E-state index < -0.39 is 11.7 Å². The summed E-state index contributed by atoms with van der Waals surface area (Å²) in [6, 6.07) is 7.10. The summed E-state index contributed by atoms with van der Waals surface area (Å²) < 4.78 is 17.3. The van der Waals surface area contributed by atoms with Crippen molar-refractivity contribution in [1.82, 2.24) is 0 Å². The summed E-state index contributed by atoms with van der Waals surface area (Å²) in [6.07, 6.45) is 0.755. The number of halogens is 1. The molecule has 0 fully saturated rings. The molecule has 0 aliphatic rings. The summed E-state index contributed by atoms with van der Waals surface area (Å²) in [6.45, 7) is 1.89. The van der Waals surface area contributed by atoms with Crippen LogP contribution < -0.4 is 5.32 Å². The summed E-state index contributed by atoms with van der Waals surface area (Å²) in [4.78, 5) is 11.2. The fraction of sp³-hybridized carbons (Fsp3) is 0.182. The van der Waals surface area contributed by atoms with Gasteiger partial charge in [-0.2, -0.15) is 4.39 Å². The number of benzene rings is 1. The van der Waals surface area contributed by atoms with E-state index in [-0.39, 0.29) is 0 Å². The molecule has 0 aliphatic carbocycles. The molecule has 0 radical (unpaired) electrons. The number of hydrogen-bond acceptors (Lipinski definition) is 2. The van der Waals surface area contributed by atoms with E-state index in [1.165, 1.54) is 7.11 Å². The molecule has 1 aromatic carbocycles. The number of methoxy groups -OCH3 is 1. The van der Waals surface area contributed by atoms with Crippen molar-refractivity contribution in [2.75, 3.05) is 12.4 Å². The van der Waals surface area contributed by atoms with E-state index in [0.29, 0.717) is 5.69 Å². The predicted molar refractivity (Wildman–Crippen MR) is 56.0 cm³/mol. The van der Waals surface area contributed by atoms with Gasteiger partial charge in [-0.3, -0.25) is 4.79 Å². The minimum absolute atomic E-state index is 0.555. The molecular weight excluding hydrogens is 197 g/mol. The molecule has 3 nitrogen and oxygen atoms in total. The van der Waals surface area contributed by atoms with E-state index >= 15 is 0 Å². The molecule has 0 aliphatic heterocycles. The number of rotatable bonds is 3. The minimum Gasteiger partial charge on any atom is -0.501 e. The summed E-state index contributed by atoms with van der Waals surface area (Å²) >= 11 is 0. The van der Waals surface area contributed by atoms with Crippen molar-refractivity contribution in [3.63, 3.8) is 0 Å². The highest BCUT2D eigenvalue weighted by Crippen LogP contribution is 2.11. The summed E-state index contributed by atoms with van der Waals surface area (Å²) in [5.74, 6) is -1.78. The zero-order valence-corrected chi connectivity index (χ0v) is 8.58. The van der Waals surface area contributed by atoms with Gasteiger partial charge >= 0.3 is 0 Å². The van der Waals surface area contributed by atoms with Gasteiger partial charge in [-0.05, 0) is 24.6 Å². The van der Waals surface area contributed by atoms with Crippen molar-refractivity contribution in [2.45, 2.75) is 6.92 Å². The second kappa shape index (κ2) is 5.14. The number of carbonyl (C=O) groups excluding carboxylic acids is 1. The van der Waals surface area contributed by atoms with E-state index in [1.54, 1.807) is 18.2 Å². The molecular formula is C11H12FNO2. The molecule has 0 saturated carbocycles. The van der Waals surface area contributed by atoms with E-state index in [9.17, 15) is 9.18 Å². The Hall–Kier alpha value is -1.84. The Kier molecular flexibility index (Phi) is 3.85. The van der Waals surface area contributed by atoms with Crippen LogP contribution in [0.25, 0.3) is 0 Å². The molecule has 0 spiro atoms. The number of carbonyl (C=O) groups is 1. The maximum atomic E-state index is 12.9. The van der Waals surface area contributed by atoms with Gasteiger partial charge < -0.3 is 10.1 Å². The van der Waals surface area contributed by atoms with Gasteiger partial charge in [0.25, 0.3) is 5.91 Å². The number of amides is 1. The first-order valence-electron chi connectivity index (χ1n) is 4.40. The number of ether oxygens (including phenoxy) is 1. The van der Waals surface area contributed by atoms with Gasteiger partial charge in [0.15, 0.2) is 0 Å². The second-order valence-corrected chi connectivity index (χ2v) is 3.03. The Morgan fingerprint density at radius 2 is 2.27 bits per heavy atom. The Labute approximate surface area is 87.6 Å². The van der Waals surface area contributed by atoms with Crippen molar-refractivity contribution in [3.8, 4) is 0 Å². The van der Waals surface area contributed by atoms with Crippen molar-refractivity contribution in [1.29, 1.82) is 0 Å². The van der Waals surface area contributed by atoms with Crippen LogP contribution in [0.4, 0.5) is 10.1 Å². The molecule has 0 saturated heterocycles. The first-order chi connectivity index (χ1) is 7.13. The quantitative estimate of drug-likeness (QED) is 0.613. The van der Waals surface area contributed by atoms with Crippen LogP contribution in [0.2, 0.25) is 0 Å². The van der Waals surface area contributed by atoms with Crippen LogP contribution in [0.5, 0.6) is 0 Å². The van der Waals surface area contributed by atoms with Crippen LogP contribution in [-0.4, -0.2) is 13.0 Å². The molecule has 0 atom stereocenters. The monoisotopic (exact) mass is 209 g/mol. The van der Waals surface area contributed by atoms with E-state index in [4.69, 9.17) is 0 Å². The van der Waals surface area contributed by atoms with Crippen molar-refractivity contribution < 1.29 is 13.9 Å². The minimum atomic E-state index is -0.959. The number of nitrogens with one attached hydrogen (secondary N) is 1. The molecule has 4 heteroatoms. The van der Waals surface area contributed by atoms with Gasteiger partial charge in [0.05, 0.1) is 7.11 Å². The average Bonchev–Trinajstić information content (AvgIpc) is 2.18. The lowest BCUT2D eigenvalue weighted by molar-refractivity contribution is -0.114. The average molecular weight is 209 g/mol. The third kappa shape index (κ3) is 3.42. The standard InChI is InChI=1S/C11H12FNO2/c1-8-4-3-5-9(6-8)13-11(14)10(12)7-15-2/h3-7H,1-2H3,(H,13,14)/b10-7-. The van der Waals surface area contributed by atoms with Crippen LogP contribution in [0.1, 0.15) is 5.56 Å². The molecule has 0 aromatic heterocycles. The van der Waals surface area contributed by atoms with Gasteiger partial charge in [-0.15, -0.1) is 0 Å². The fourth-order valence-electron chi connectivity index (χ4n) is 1.07. The van der Waals surface area contributed by atoms with Crippen LogP contribution in [0.15, 0.2) is 36.4 Å². The molecule has 0 unspecified atom stereocenters. The third-order valence-corrected chi connectivity index (χ3v) is 1.71. The number of anilines is 1. The summed E-state index contributed by atoms with van der Waals surface area (Å²) in [7, 11) is 1.28. The van der Waals surface area contributed by atoms with E-state index in [0.717, 1.165) is 11.8 Å². The molecule has 1 rings (SSSR count). The Balaban J connectivity index is 2.70. The zero-order valence-electron chi connectivity index (χ0n) is 8.58. The lowest BCUT2D eigenvalue weighted by atomic mass is 10.2. The SMILES string of the molecule is CO/C=C(\F)C(=O)Nc1cccc(C)c1. The van der Waals surface area contributed by atoms with Crippen LogP contribution >= 0.6 is 0 Å². The normalized spacial score (nSPS) is 11.0. The van der Waals surface area contributed by atoms with Gasteiger partial charge in [0.2, 0.25) is 5.83 Å². The first-order valence-corrected chi connectivity index (χ1v) is 4.40. The smallest absolute Gasteiger partial charge is 0.287 e. The van der Waals surface area contributed by atoms with Crippen LogP contribution in [0, 0.1) is 6.92 Å². The van der Waals surface area contributed by atoms with Gasteiger partial charge in [-0.1, -0.05) is 12.1 Å². The maximum absolute atomic E-state index is 12.9. The molecule has 1 amide bonds. The molecule has 0 heterocycles. The molecule has 80 valence electrons. The third-order valence-electron chi connectivity index (χ3n) is 1.71. The van der Waals surface area contributed by atoms with Gasteiger partial charge in [0, 0.05) is 5.69 Å². The highest BCUT2D eigenvalue weighted by molar-refractivity contribution is 6.01. The topological polar surface area (TPSA) is 38.3 Å². The highest BCUT2D eigenvalue weighted by Gasteiger charge is 2.08. The predicted octanol–water partition coefficient (Wildman–Crippen LogP) is 2.39. The lowest BCUT2D eigenvalue weighted by Gasteiger charge is -2.03.